The minimum absolute atomic E-state index is 0.140. The first kappa shape index (κ1) is 10.4. The first-order valence-corrected chi connectivity index (χ1v) is 4.93. The standard InChI is InChI=1S/C13H13NO2/c1-16-13-8-10(4-7-12(13)15)9-2-5-11(14)6-3-9/h2-8,15H,14H2,1H3. The van der Waals surface area contributed by atoms with Gasteiger partial charge in [-0.15, -0.1) is 0 Å². The minimum atomic E-state index is 0.140. The fraction of sp³-hybridized carbons (Fsp3) is 0.0769. The first-order valence-electron chi connectivity index (χ1n) is 4.93. The van der Waals surface area contributed by atoms with Crippen LogP contribution in [0.3, 0.4) is 0 Å². The lowest BCUT2D eigenvalue weighted by atomic mass is 10.0. The van der Waals surface area contributed by atoms with Gasteiger partial charge in [0.2, 0.25) is 0 Å². The highest BCUT2D eigenvalue weighted by Crippen LogP contribution is 2.31. The van der Waals surface area contributed by atoms with Crippen molar-refractivity contribution in [3.8, 4) is 22.6 Å². The lowest BCUT2D eigenvalue weighted by Gasteiger charge is -2.07. The maximum absolute atomic E-state index is 9.48. The summed E-state index contributed by atoms with van der Waals surface area (Å²) < 4.78 is 5.06. The van der Waals surface area contributed by atoms with Gasteiger partial charge in [0.1, 0.15) is 0 Å². The zero-order valence-corrected chi connectivity index (χ0v) is 8.97. The monoisotopic (exact) mass is 215 g/mol. The van der Waals surface area contributed by atoms with E-state index in [1.165, 1.54) is 7.11 Å². The molecule has 0 amide bonds. The summed E-state index contributed by atoms with van der Waals surface area (Å²) in [4.78, 5) is 0. The number of ether oxygens (including phenoxy) is 1. The van der Waals surface area contributed by atoms with Gasteiger partial charge in [-0.3, -0.25) is 0 Å². The smallest absolute Gasteiger partial charge is 0.161 e. The summed E-state index contributed by atoms with van der Waals surface area (Å²) in [7, 11) is 1.53. The van der Waals surface area contributed by atoms with Gasteiger partial charge in [-0.25, -0.2) is 0 Å². The molecule has 0 aliphatic rings. The molecule has 0 bridgehead atoms. The summed E-state index contributed by atoms with van der Waals surface area (Å²) in [5.41, 5.74) is 8.37. The zero-order valence-electron chi connectivity index (χ0n) is 8.97. The maximum atomic E-state index is 9.48. The van der Waals surface area contributed by atoms with E-state index in [1.807, 2.05) is 30.3 Å². The van der Waals surface area contributed by atoms with Crippen molar-refractivity contribution >= 4 is 5.69 Å². The molecule has 0 fully saturated rings. The van der Waals surface area contributed by atoms with Crippen molar-refractivity contribution in [1.29, 1.82) is 0 Å². The highest BCUT2D eigenvalue weighted by molar-refractivity contribution is 5.68. The molecule has 0 aromatic heterocycles. The Bertz CT molecular complexity index is 492. The van der Waals surface area contributed by atoms with Gasteiger partial charge in [0.25, 0.3) is 0 Å². The highest BCUT2D eigenvalue weighted by Gasteiger charge is 2.04. The Hall–Kier alpha value is -2.16. The molecule has 3 heteroatoms. The maximum Gasteiger partial charge on any atom is 0.161 e. The van der Waals surface area contributed by atoms with E-state index in [4.69, 9.17) is 10.5 Å². The summed E-state index contributed by atoms with van der Waals surface area (Å²) in [6.45, 7) is 0. The number of phenolic OH excluding ortho intramolecular Hbond substituents is 1. The molecule has 0 aliphatic carbocycles. The predicted octanol–water partition coefficient (Wildman–Crippen LogP) is 2.65. The molecule has 2 aromatic carbocycles. The molecule has 3 N–H and O–H groups in total. The Balaban J connectivity index is 2.44. The minimum Gasteiger partial charge on any atom is -0.504 e. The fourth-order valence-corrected chi connectivity index (χ4v) is 1.53. The van der Waals surface area contributed by atoms with Gasteiger partial charge in [-0.05, 0) is 35.4 Å². The van der Waals surface area contributed by atoms with Crippen LogP contribution >= 0.6 is 0 Å². The zero-order chi connectivity index (χ0) is 11.5. The Morgan fingerprint density at radius 2 is 1.62 bits per heavy atom. The van der Waals surface area contributed by atoms with Crippen molar-refractivity contribution in [3.63, 3.8) is 0 Å². The molecule has 16 heavy (non-hydrogen) atoms. The topological polar surface area (TPSA) is 55.5 Å². The second-order valence-electron chi connectivity index (χ2n) is 3.51. The van der Waals surface area contributed by atoms with Crippen LogP contribution in [0.4, 0.5) is 5.69 Å². The molecular weight excluding hydrogens is 202 g/mol. The van der Waals surface area contributed by atoms with Crippen LogP contribution in [0.25, 0.3) is 11.1 Å². The average Bonchev–Trinajstić information content (AvgIpc) is 2.31. The number of nitrogen functional groups attached to an aromatic ring is 1. The van der Waals surface area contributed by atoms with E-state index in [9.17, 15) is 5.11 Å². The molecular formula is C13H13NO2. The number of hydrogen-bond donors (Lipinski definition) is 2. The van der Waals surface area contributed by atoms with E-state index in [0.717, 1.165) is 16.8 Å². The third kappa shape index (κ3) is 1.93. The molecule has 0 aliphatic heterocycles. The number of nitrogens with two attached hydrogens (primary N) is 1. The van der Waals surface area contributed by atoms with Gasteiger partial charge in [0, 0.05) is 5.69 Å². The van der Waals surface area contributed by atoms with Crippen molar-refractivity contribution in [2.75, 3.05) is 12.8 Å². The normalized spacial score (nSPS) is 10.1. The van der Waals surface area contributed by atoms with Gasteiger partial charge < -0.3 is 15.6 Å². The number of anilines is 1. The van der Waals surface area contributed by atoms with E-state index < -0.39 is 0 Å². The fourth-order valence-electron chi connectivity index (χ4n) is 1.53. The third-order valence-electron chi connectivity index (χ3n) is 2.42. The van der Waals surface area contributed by atoms with Gasteiger partial charge in [0.15, 0.2) is 11.5 Å². The van der Waals surface area contributed by atoms with Gasteiger partial charge >= 0.3 is 0 Å². The van der Waals surface area contributed by atoms with Crippen molar-refractivity contribution < 1.29 is 9.84 Å². The predicted molar refractivity (Wildman–Crippen MR) is 64.5 cm³/mol. The van der Waals surface area contributed by atoms with Crippen LogP contribution in [-0.2, 0) is 0 Å². The van der Waals surface area contributed by atoms with Crippen LogP contribution in [0.1, 0.15) is 0 Å². The molecule has 0 saturated carbocycles. The molecule has 0 radical (unpaired) electrons. The van der Waals surface area contributed by atoms with Crippen LogP contribution in [-0.4, -0.2) is 12.2 Å². The van der Waals surface area contributed by atoms with Crippen LogP contribution < -0.4 is 10.5 Å². The molecule has 3 nitrogen and oxygen atoms in total. The third-order valence-corrected chi connectivity index (χ3v) is 2.42. The highest BCUT2D eigenvalue weighted by atomic mass is 16.5. The number of aromatic hydroxyl groups is 1. The van der Waals surface area contributed by atoms with E-state index in [-0.39, 0.29) is 5.75 Å². The summed E-state index contributed by atoms with van der Waals surface area (Å²) in [5, 5.41) is 9.48. The molecule has 0 spiro atoms. The number of benzene rings is 2. The Morgan fingerprint density at radius 3 is 2.25 bits per heavy atom. The SMILES string of the molecule is COc1cc(-c2ccc(N)cc2)ccc1O. The molecule has 0 atom stereocenters. The Labute approximate surface area is 94.1 Å². The summed E-state index contributed by atoms with van der Waals surface area (Å²) in [6.07, 6.45) is 0. The summed E-state index contributed by atoms with van der Waals surface area (Å²) in [6, 6.07) is 12.8. The van der Waals surface area contributed by atoms with Crippen molar-refractivity contribution in [2.45, 2.75) is 0 Å². The van der Waals surface area contributed by atoms with Crippen LogP contribution in [0, 0.1) is 0 Å². The largest absolute Gasteiger partial charge is 0.504 e. The van der Waals surface area contributed by atoms with Gasteiger partial charge in [-0.1, -0.05) is 18.2 Å². The molecule has 0 heterocycles. The second kappa shape index (κ2) is 4.14. The van der Waals surface area contributed by atoms with Crippen molar-refractivity contribution in [3.05, 3.63) is 42.5 Å². The average molecular weight is 215 g/mol. The summed E-state index contributed by atoms with van der Waals surface area (Å²) in [5.74, 6) is 0.607. The number of hydrogen-bond acceptors (Lipinski definition) is 3. The van der Waals surface area contributed by atoms with Crippen LogP contribution in [0.15, 0.2) is 42.5 Å². The van der Waals surface area contributed by atoms with E-state index >= 15 is 0 Å². The van der Waals surface area contributed by atoms with E-state index in [0.29, 0.717) is 5.75 Å². The van der Waals surface area contributed by atoms with Crippen molar-refractivity contribution in [1.82, 2.24) is 0 Å². The van der Waals surface area contributed by atoms with E-state index in [1.54, 1.807) is 12.1 Å². The number of phenols is 1. The molecule has 0 saturated heterocycles. The van der Waals surface area contributed by atoms with Crippen LogP contribution in [0.2, 0.25) is 0 Å². The lowest BCUT2D eigenvalue weighted by Crippen LogP contribution is -1.86. The second-order valence-corrected chi connectivity index (χ2v) is 3.51. The van der Waals surface area contributed by atoms with Gasteiger partial charge in [-0.2, -0.15) is 0 Å². The molecule has 0 unspecified atom stereocenters. The quantitative estimate of drug-likeness (QED) is 0.757. The Morgan fingerprint density at radius 1 is 1.00 bits per heavy atom. The molecule has 2 rings (SSSR count). The first-order chi connectivity index (χ1) is 7.70. The van der Waals surface area contributed by atoms with E-state index in [2.05, 4.69) is 0 Å². The lowest BCUT2D eigenvalue weighted by molar-refractivity contribution is 0.373. The summed E-state index contributed by atoms with van der Waals surface area (Å²) >= 11 is 0. The number of rotatable bonds is 2. The van der Waals surface area contributed by atoms with Crippen LogP contribution in [0.5, 0.6) is 11.5 Å². The molecule has 2 aromatic rings. The Kier molecular flexibility index (Phi) is 2.68. The number of methoxy groups -OCH3 is 1. The van der Waals surface area contributed by atoms with Crippen molar-refractivity contribution in [2.24, 2.45) is 0 Å². The molecule has 82 valence electrons. The van der Waals surface area contributed by atoms with Gasteiger partial charge in [0.05, 0.1) is 7.11 Å².